The predicted octanol–water partition coefficient (Wildman–Crippen LogP) is -0.386. The van der Waals surface area contributed by atoms with Crippen molar-refractivity contribution in [1.82, 2.24) is 5.32 Å². The predicted molar refractivity (Wildman–Crippen MR) is 34.8 cm³/mol. The lowest BCUT2D eigenvalue weighted by atomic mass is 10.2. The van der Waals surface area contributed by atoms with Gasteiger partial charge in [0.2, 0.25) is 5.91 Å². The Labute approximate surface area is 54.6 Å². The van der Waals surface area contributed by atoms with Crippen LogP contribution in [-0.4, -0.2) is 18.5 Å². The van der Waals surface area contributed by atoms with Crippen molar-refractivity contribution in [2.24, 2.45) is 5.73 Å². The highest BCUT2D eigenvalue weighted by Crippen LogP contribution is 2.01. The van der Waals surface area contributed by atoms with E-state index in [-0.39, 0.29) is 11.9 Å². The summed E-state index contributed by atoms with van der Waals surface area (Å²) in [5.74, 6) is 0.142. The van der Waals surface area contributed by atoms with E-state index >= 15 is 0 Å². The van der Waals surface area contributed by atoms with E-state index in [0.717, 1.165) is 12.8 Å². The average Bonchev–Trinajstić information content (AvgIpc) is 1.97. The number of nitrogens with two attached hydrogens (primary N) is 1. The Kier molecular flexibility index (Phi) is 2.05. The van der Waals surface area contributed by atoms with Crippen LogP contribution in [0.25, 0.3) is 0 Å². The summed E-state index contributed by atoms with van der Waals surface area (Å²) in [6.07, 6.45) is 2.55. The fourth-order valence-corrected chi connectivity index (χ4v) is 0.960. The number of hydrogen-bond acceptors (Lipinski definition) is 2. The Bertz CT molecular complexity index is 114. The molecule has 0 aromatic carbocycles. The van der Waals surface area contributed by atoms with Gasteiger partial charge in [-0.1, -0.05) is 0 Å². The van der Waals surface area contributed by atoms with Gasteiger partial charge < -0.3 is 11.1 Å². The zero-order valence-corrected chi connectivity index (χ0v) is 5.39. The third-order valence-electron chi connectivity index (χ3n) is 1.54. The van der Waals surface area contributed by atoms with Crippen molar-refractivity contribution in [3.63, 3.8) is 0 Å². The second-order valence-electron chi connectivity index (χ2n) is 2.46. The van der Waals surface area contributed by atoms with E-state index in [9.17, 15) is 4.79 Å². The van der Waals surface area contributed by atoms with Crippen LogP contribution in [0.1, 0.15) is 19.3 Å². The Hall–Kier alpha value is -0.570. The Morgan fingerprint density at radius 3 is 3.22 bits per heavy atom. The van der Waals surface area contributed by atoms with Crippen LogP contribution in [0.2, 0.25) is 0 Å². The molecule has 3 heteroatoms. The van der Waals surface area contributed by atoms with Gasteiger partial charge in [0.25, 0.3) is 0 Å². The molecule has 9 heavy (non-hydrogen) atoms. The van der Waals surface area contributed by atoms with Crippen molar-refractivity contribution in [2.45, 2.75) is 25.3 Å². The third-order valence-corrected chi connectivity index (χ3v) is 1.54. The zero-order chi connectivity index (χ0) is 6.69. The molecule has 1 unspecified atom stereocenters. The van der Waals surface area contributed by atoms with E-state index in [1.54, 1.807) is 0 Å². The van der Waals surface area contributed by atoms with Crippen LogP contribution in [-0.2, 0) is 4.79 Å². The van der Waals surface area contributed by atoms with Crippen molar-refractivity contribution in [3.8, 4) is 0 Å². The minimum atomic E-state index is 0.142. The Morgan fingerprint density at radius 2 is 2.44 bits per heavy atom. The first-order valence-corrected chi connectivity index (χ1v) is 3.31. The molecule has 52 valence electrons. The molecular weight excluding hydrogens is 116 g/mol. The van der Waals surface area contributed by atoms with Crippen LogP contribution in [0.3, 0.4) is 0 Å². The molecule has 3 nitrogen and oxygen atoms in total. The molecule has 3 N–H and O–H groups in total. The van der Waals surface area contributed by atoms with Crippen LogP contribution >= 0.6 is 0 Å². The van der Waals surface area contributed by atoms with Crippen LogP contribution in [0.15, 0.2) is 0 Å². The van der Waals surface area contributed by atoms with Gasteiger partial charge >= 0.3 is 0 Å². The van der Waals surface area contributed by atoms with Gasteiger partial charge in [0.05, 0.1) is 0 Å². The molecule has 1 fully saturated rings. The molecule has 0 aromatic heterocycles. The quantitative estimate of drug-likeness (QED) is 0.467. The molecule has 1 rings (SSSR count). The fraction of sp³-hybridized carbons (Fsp3) is 0.833. The number of amides is 1. The number of hydrogen-bond donors (Lipinski definition) is 2. The summed E-state index contributed by atoms with van der Waals surface area (Å²) in [6.45, 7) is 0.652. The Balaban J connectivity index is 2.34. The second-order valence-corrected chi connectivity index (χ2v) is 2.46. The first kappa shape index (κ1) is 6.55. The second kappa shape index (κ2) is 2.82. The minimum Gasteiger partial charge on any atom is -0.355 e. The van der Waals surface area contributed by atoms with Crippen LogP contribution in [0, 0.1) is 0 Å². The van der Waals surface area contributed by atoms with Gasteiger partial charge in [0, 0.05) is 19.0 Å². The van der Waals surface area contributed by atoms with Crippen molar-refractivity contribution in [2.75, 3.05) is 6.54 Å². The molecule has 0 spiro atoms. The molecule has 1 atom stereocenters. The highest BCUT2D eigenvalue weighted by Gasteiger charge is 2.10. The summed E-state index contributed by atoms with van der Waals surface area (Å²) < 4.78 is 0. The molecule has 1 aliphatic heterocycles. The van der Waals surface area contributed by atoms with Crippen LogP contribution in [0.4, 0.5) is 0 Å². The molecule has 0 aromatic rings. The van der Waals surface area contributed by atoms with Crippen molar-refractivity contribution in [3.05, 3.63) is 0 Å². The number of carbonyl (C=O) groups excluding carboxylic acids is 1. The van der Waals surface area contributed by atoms with Gasteiger partial charge in [-0.2, -0.15) is 0 Å². The normalized spacial score (nSPS) is 29.0. The summed E-state index contributed by atoms with van der Waals surface area (Å²) in [6, 6.07) is 0.177. The highest BCUT2D eigenvalue weighted by atomic mass is 16.1. The first-order valence-electron chi connectivity index (χ1n) is 3.31. The largest absolute Gasteiger partial charge is 0.355 e. The molecule has 1 heterocycles. The monoisotopic (exact) mass is 128 g/mol. The summed E-state index contributed by atoms with van der Waals surface area (Å²) >= 11 is 0. The summed E-state index contributed by atoms with van der Waals surface area (Å²) in [4.78, 5) is 10.7. The van der Waals surface area contributed by atoms with E-state index in [0.29, 0.717) is 13.0 Å². The molecule has 0 saturated carbocycles. The minimum absolute atomic E-state index is 0.142. The maximum absolute atomic E-state index is 10.7. The van der Waals surface area contributed by atoms with Crippen LogP contribution < -0.4 is 11.1 Å². The van der Waals surface area contributed by atoms with Gasteiger partial charge in [-0.25, -0.2) is 0 Å². The van der Waals surface area contributed by atoms with Crippen molar-refractivity contribution >= 4 is 5.91 Å². The first-order chi connectivity index (χ1) is 4.29. The lowest BCUT2D eigenvalue weighted by Gasteiger charge is -2.04. The SMILES string of the molecule is NC1CCCC(=O)NC1. The standard InChI is InChI=1S/C6H12N2O/c7-5-2-1-3-6(9)8-4-5/h5H,1-4,7H2,(H,8,9). The zero-order valence-electron chi connectivity index (χ0n) is 5.39. The summed E-state index contributed by atoms with van der Waals surface area (Å²) in [5.41, 5.74) is 5.58. The van der Waals surface area contributed by atoms with Gasteiger partial charge in [0.1, 0.15) is 0 Å². The molecule has 0 radical (unpaired) electrons. The third kappa shape index (κ3) is 2.01. The van der Waals surface area contributed by atoms with E-state index < -0.39 is 0 Å². The molecule has 0 aliphatic carbocycles. The molecule has 1 saturated heterocycles. The topological polar surface area (TPSA) is 55.1 Å². The smallest absolute Gasteiger partial charge is 0.220 e. The summed E-state index contributed by atoms with van der Waals surface area (Å²) in [5, 5.41) is 2.73. The lowest BCUT2D eigenvalue weighted by Crippen LogP contribution is -2.33. The number of carbonyl (C=O) groups is 1. The molecule has 1 aliphatic rings. The maximum atomic E-state index is 10.7. The number of rotatable bonds is 0. The van der Waals surface area contributed by atoms with Gasteiger partial charge in [-0.3, -0.25) is 4.79 Å². The van der Waals surface area contributed by atoms with E-state index in [4.69, 9.17) is 5.73 Å². The van der Waals surface area contributed by atoms with Gasteiger partial charge in [-0.05, 0) is 12.8 Å². The van der Waals surface area contributed by atoms with E-state index in [2.05, 4.69) is 5.32 Å². The lowest BCUT2D eigenvalue weighted by molar-refractivity contribution is -0.120. The molecular formula is C6H12N2O. The molecule has 1 amide bonds. The summed E-state index contributed by atoms with van der Waals surface area (Å²) in [7, 11) is 0. The number of nitrogens with one attached hydrogen (secondary N) is 1. The highest BCUT2D eigenvalue weighted by molar-refractivity contribution is 5.76. The van der Waals surface area contributed by atoms with E-state index in [1.807, 2.05) is 0 Å². The maximum Gasteiger partial charge on any atom is 0.220 e. The van der Waals surface area contributed by atoms with Crippen molar-refractivity contribution < 1.29 is 4.79 Å². The fourth-order valence-electron chi connectivity index (χ4n) is 0.960. The Morgan fingerprint density at radius 1 is 1.67 bits per heavy atom. The van der Waals surface area contributed by atoms with Crippen molar-refractivity contribution in [1.29, 1.82) is 0 Å². The van der Waals surface area contributed by atoms with Crippen LogP contribution in [0.5, 0.6) is 0 Å². The van der Waals surface area contributed by atoms with Gasteiger partial charge in [0.15, 0.2) is 0 Å². The van der Waals surface area contributed by atoms with Gasteiger partial charge in [-0.15, -0.1) is 0 Å². The molecule has 0 bridgehead atoms. The average molecular weight is 128 g/mol. The van der Waals surface area contributed by atoms with E-state index in [1.165, 1.54) is 0 Å².